The summed E-state index contributed by atoms with van der Waals surface area (Å²) in [7, 11) is 0. The van der Waals surface area contributed by atoms with Gasteiger partial charge in [-0.15, -0.1) is 0 Å². The predicted octanol–water partition coefficient (Wildman–Crippen LogP) is 2.12. The van der Waals surface area contributed by atoms with E-state index in [2.05, 4.69) is 5.32 Å². The number of carbonyl (C=O) groups is 1. The Labute approximate surface area is 102 Å². The minimum atomic E-state index is -0.0664. The lowest BCUT2D eigenvalue weighted by Gasteiger charge is -2.13. The fourth-order valence-electron chi connectivity index (χ4n) is 2.07. The third kappa shape index (κ3) is 3.86. The van der Waals surface area contributed by atoms with E-state index in [9.17, 15) is 4.79 Å². The molecule has 3 heteroatoms. The molecule has 0 amide bonds. The van der Waals surface area contributed by atoms with Crippen LogP contribution in [0.4, 0.5) is 0 Å². The molecular formula is C14H19NO2. The highest BCUT2D eigenvalue weighted by molar-refractivity contribution is 5.72. The molecule has 0 spiro atoms. The molecule has 1 aliphatic rings. The maximum absolute atomic E-state index is 11.9. The van der Waals surface area contributed by atoms with E-state index in [4.69, 9.17) is 4.74 Å². The van der Waals surface area contributed by atoms with Crippen LogP contribution in [-0.4, -0.2) is 19.1 Å². The quantitative estimate of drug-likeness (QED) is 0.813. The lowest BCUT2D eigenvalue weighted by atomic mass is 10.0. The van der Waals surface area contributed by atoms with Gasteiger partial charge < -0.3 is 10.1 Å². The van der Waals surface area contributed by atoms with E-state index in [0.29, 0.717) is 6.61 Å². The molecule has 0 saturated carbocycles. The second-order valence-corrected chi connectivity index (χ2v) is 4.49. The van der Waals surface area contributed by atoms with Gasteiger partial charge in [-0.25, -0.2) is 0 Å². The first-order valence-electron chi connectivity index (χ1n) is 6.27. The summed E-state index contributed by atoms with van der Waals surface area (Å²) in [6, 6.07) is 9.81. The minimum Gasteiger partial charge on any atom is -0.461 e. The van der Waals surface area contributed by atoms with Crippen molar-refractivity contribution in [2.24, 2.45) is 5.92 Å². The van der Waals surface area contributed by atoms with Gasteiger partial charge in [0.05, 0.1) is 5.92 Å². The summed E-state index contributed by atoms with van der Waals surface area (Å²) in [5.74, 6) is -0.0375. The molecule has 1 heterocycles. The number of rotatable bonds is 3. The van der Waals surface area contributed by atoms with Gasteiger partial charge in [0.25, 0.3) is 0 Å². The van der Waals surface area contributed by atoms with Gasteiger partial charge >= 0.3 is 5.97 Å². The number of carbonyl (C=O) groups excluding carboxylic acids is 1. The number of esters is 1. The van der Waals surface area contributed by atoms with Gasteiger partial charge in [-0.3, -0.25) is 4.79 Å². The van der Waals surface area contributed by atoms with Crippen molar-refractivity contribution in [3.63, 3.8) is 0 Å². The second-order valence-electron chi connectivity index (χ2n) is 4.49. The van der Waals surface area contributed by atoms with Crippen LogP contribution in [0.3, 0.4) is 0 Å². The van der Waals surface area contributed by atoms with Gasteiger partial charge in [0.1, 0.15) is 6.61 Å². The number of benzene rings is 1. The zero-order valence-electron chi connectivity index (χ0n) is 10.0. The van der Waals surface area contributed by atoms with Crippen molar-refractivity contribution in [2.75, 3.05) is 13.1 Å². The largest absolute Gasteiger partial charge is 0.461 e. The molecule has 0 aromatic heterocycles. The van der Waals surface area contributed by atoms with Crippen molar-refractivity contribution in [1.82, 2.24) is 5.32 Å². The van der Waals surface area contributed by atoms with Crippen molar-refractivity contribution < 1.29 is 9.53 Å². The molecule has 1 aromatic rings. The minimum absolute atomic E-state index is 0.0289. The van der Waals surface area contributed by atoms with Crippen molar-refractivity contribution >= 4 is 5.97 Å². The predicted molar refractivity (Wildman–Crippen MR) is 66.4 cm³/mol. The topological polar surface area (TPSA) is 38.3 Å². The van der Waals surface area contributed by atoms with Crippen LogP contribution in [-0.2, 0) is 16.1 Å². The number of ether oxygens (including phenoxy) is 1. The number of hydrogen-bond donors (Lipinski definition) is 1. The average Bonchev–Trinajstić information content (AvgIpc) is 2.66. The molecule has 0 radical (unpaired) electrons. The highest BCUT2D eigenvalue weighted by atomic mass is 16.5. The molecule has 1 aromatic carbocycles. The highest BCUT2D eigenvalue weighted by Gasteiger charge is 2.21. The average molecular weight is 233 g/mol. The maximum atomic E-state index is 11.9. The molecule has 1 fully saturated rings. The van der Waals surface area contributed by atoms with Crippen LogP contribution < -0.4 is 5.32 Å². The Hall–Kier alpha value is -1.35. The fourth-order valence-corrected chi connectivity index (χ4v) is 2.07. The summed E-state index contributed by atoms with van der Waals surface area (Å²) in [4.78, 5) is 11.9. The zero-order chi connectivity index (χ0) is 11.9. The van der Waals surface area contributed by atoms with Gasteiger partial charge in [0.2, 0.25) is 0 Å². The standard InChI is InChI=1S/C14H19NO2/c16-14(13-8-4-5-9-15-10-13)17-11-12-6-2-1-3-7-12/h1-3,6-7,13,15H,4-5,8-11H2. The maximum Gasteiger partial charge on any atom is 0.310 e. The molecule has 1 N–H and O–H groups in total. The number of nitrogens with one attached hydrogen (secondary N) is 1. The first-order chi connectivity index (χ1) is 8.36. The van der Waals surface area contributed by atoms with Crippen LogP contribution in [0.5, 0.6) is 0 Å². The first kappa shape index (κ1) is 12.1. The Morgan fingerprint density at radius 1 is 1.29 bits per heavy atom. The first-order valence-corrected chi connectivity index (χ1v) is 6.27. The van der Waals surface area contributed by atoms with E-state index in [-0.39, 0.29) is 11.9 Å². The van der Waals surface area contributed by atoms with Gasteiger partial charge in [0.15, 0.2) is 0 Å². The monoisotopic (exact) mass is 233 g/mol. The molecule has 0 bridgehead atoms. The Kier molecular flexibility index (Phi) is 4.56. The Morgan fingerprint density at radius 2 is 2.12 bits per heavy atom. The van der Waals surface area contributed by atoms with Crippen LogP contribution in [0.15, 0.2) is 30.3 Å². The van der Waals surface area contributed by atoms with Crippen molar-refractivity contribution in [3.8, 4) is 0 Å². The third-order valence-electron chi connectivity index (χ3n) is 3.10. The lowest BCUT2D eigenvalue weighted by Crippen LogP contribution is -2.28. The van der Waals surface area contributed by atoms with Gasteiger partial charge in [-0.2, -0.15) is 0 Å². The SMILES string of the molecule is O=C(OCc1ccccc1)C1CCCCNC1. The summed E-state index contributed by atoms with van der Waals surface area (Å²) >= 11 is 0. The molecule has 3 nitrogen and oxygen atoms in total. The molecule has 2 rings (SSSR count). The third-order valence-corrected chi connectivity index (χ3v) is 3.10. The molecular weight excluding hydrogens is 214 g/mol. The van der Waals surface area contributed by atoms with Gasteiger partial charge in [0, 0.05) is 6.54 Å². The molecule has 0 aliphatic carbocycles. The zero-order valence-corrected chi connectivity index (χ0v) is 10.0. The molecule has 1 atom stereocenters. The smallest absolute Gasteiger partial charge is 0.310 e. The van der Waals surface area contributed by atoms with E-state index >= 15 is 0 Å². The number of hydrogen-bond acceptors (Lipinski definition) is 3. The summed E-state index contributed by atoms with van der Waals surface area (Å²) in [6.45, 7) is 2.16. The summed E-state index contributed by atoms with van der Waals surface area (Å²) in [6.07, 6.45) is 3.21. The van der Waals surface area contributed by atoms with Crippen molar-refractivity contribution in [1.29, 1.82) is 0 Å². The normalized spacial score (nSPS) is 20.6. The highest BCUT2D eigenvalue weighted by Crippen LogP contribution is 2.13. The van der Waals surface area contributed by atoms with E-state index < -0.39 is 0 Å². The van der Waals surface area contributed by atoms with E-state index in [1.807, 2.05) is 30.3 Å². The van der Waals surface area contributed by atoms with Crippen LogP contribution in [0.2, 0.25) is 0 Å². The van der Waals surface area contributed by atoms with E-state index in [0.717, 1.165) is 37.9 Å². The molecule has 1 aliphatic heterocycles. The Balaban J connectivity index is 1.80. The summed E-state index contributed by atoms with van der Waals surface area (Å²) in [5, 5.41) is 3.28. The fraction of sp³-hybridized carbons (Fsp3) is 0.500. The van der Waals surface area contributed by atoms with Crippen molar-refractivity contribution in [3.05, 3.63) is 35.9 Å². The lowest BCUT2D eigenvalue weighted by molar-refractivity contribution is -0.149. The van der Waals surface area contributed by atoms with Gasteiger partial charge in [-0.05, 0) is 24.9 Å². The summed E-state index contributed by atoms with van der Waals surface area (Å²) in [5.41, 5.74) is 1.04. The second kappa shape index (κ2) is 6.40. The Morgan fingerprint density at radius 3 is 2.94 bits per heavy atom. The van der Waals surface area contributed by atoms with E-state index in [1.165, 1.54) is 0 Å². The van der Waals surface area contributed by atoms with E-state index in [1.54, 1.807) is 0 Å². The van der Waals surface area contributed by atoms with Crippen LogP contribution >= 0.6 is 0 Å². The molecule has 17 heavy (non-hydrogen) atoms. The van der Waals surface area contributed by atoms with Crippen LogP contribution in [0, 0.1) is 5.92 Å². The Bertz CT molecular complexity index is 342. The molecule has 1 saturated heterocycles. The van der Waals surface area contributed by atoms with Crippen LogP contribution in [0.25, 0.3) is 0 Å². The molecule has 92 valence electrons. The molecule has 1 unspecified atom stereocenters. The van der Waals surface area contributed by atoms with Crippen molar-refractivity contribution in [2.45, 2.75) is 25.9 Å². The van der Waals surface area contributed by atoms with Crippen LogP contribution in [0.1, 0.15) is 24.8 Å². The van der Waals surface area contributed by atoms with Gasteiger partial charge in [-0.1, -0.05) is 36.8 Å². The summed E-state index contributed by atoms with van der Waals surface area (Å²) < 4.78 is 5.34.